The van der Waals surface area contributed by atoms with Gasteiger partial charge in [-0.15, -0.1) is 0 Å². The molecule has 0 aliphatic carbocycles. The highest BCUT2D eigenvalue weighted by Crippen LogP contribution is 2.38. The van der Waals surface area contributed by atoms with Gasteiger partial charge in [-0.3, -0.25) is 14.5 Å². The maximum atomic E-state index is 12.2. The minimum absolute atomic E-state index is 0.112. The van der Waals surface area contributed by atoms with Crippen LogP contribution in [0.3, 0.4) is 0 Å². The van der Waals surface area contributed by atoms with Crippen molar-refractivity contribution in [3.05, 3.63) is 53.6 Å². The molecule has 1 atom stereocenters. The minimum atomic E-state index is -0.135. The smallest absolute Gasteiger partial charge is 0.323 e. The molecule has 1 heterocycles. The lowest BCUT2D eigenvalue weighted by Gasteiger charge is -2.30. The summed E-state index contributed by atoms with van der Waals surface area (Å²) in [6, 6.07) is 13.2. The summed E-state index contributed by atoms with van der Waals surface area (Å²) in [4.78, 5) is 24.0. The first kappa shape index (κ1) is 27.0. The lowest BCUT2D eigenvalue weighted by Crippen LogP contribution is -2.43. The van der Waals surface area contributed by atoms with E-state index >= 15 is 0 Å². The molecule has 1 aliphatic heterocycles. The molecule has 2 aromatic rings. The largest absolute Gasteiger partial charge is 0.493 e. The van der Waals surface area contributed by atoms with Crippen LogP contribution in [0, 0.1) is 0 Å². The number of piperidine rings is 1. The molecular weight excluding hydrogens is 438 g/mol. The van der Waals surface area contributed by atoms with Crippen molar-refractivity contribution < 1.29 is 33.3 Å². The topological polar surface area (TPSA) is 83.5 Å². The number of nitrogens with zero attached hydrogens (tertiary/aromatic N) is 1. The highest BCUT2D eigenvalue weighted by molar-refractivity contribution is 5.75. The predicted molar refractivity (Wildman–Crippen MR) is 128 cm³/mol. The molecule has 0 aromatic heterocycles. The number of carbonyl (C=O) groups is 2. The lowest BCUT2D eigenvalue weighted by molar-refractivity contribution is -0.150. The number of carbonyl (C=O) groups excluding carboxylic acids is 2. The van der Waals surface area contributed by atoms with Crippen LogP contribution in [0.1, 0.15) is 30.4 Å². The Labute approximate surface area is 201 Å². The number of likely N-dealkylation sites (tertiary alicyclic amines) is 1. The molecule has 0 bridgehead atoms. The van der Waals surface area contributed by atoms with Crippen molar-refractivity contribution in [2.75, 3.05) is 41.5 Å². The van der Waals surface area contributed by atoms with Crippen LogP contribution in [0.15, 0.2) is 42.5 Å². The number of rotatable bonds is 10. The lowest BCUT2D eigenvalue weighted by atomic mass is 10.0. The van der Waals surface area contributed by atoms with Gasteiger partial charge in [0.1, 0.15) is 12.6 Å². The highest BCUT2D eigenvalue weighted by atomic mass is 16.5. The number of hydrogen-bond acceptors (Lipinski definition) is 8. The van der Waals surface area contributed by atoms with Crippen LogP contribution in [0.2, 0.25) is 0 Å². The number of benzene rings is 2. The molecule has 1 unspecified atom stereocenters. The summed E-state index contributed by atoms with van der Waals surface area (Å²) in [5, 5.41) is 0. The van der Waals surface area contributed by atoms with E-state index in [-0.39, 0.29) is 12.0 Å². The second-order valence-electron chi connectivity index (χ2n) is 7.84. The standard InChI is InChI=1S/C18H27NO5.C8H8O2/c1-19-9-6-5-7-14(19)18(20)24-10-8-13-11-15(21-2)17(23-4)16(12-13)22-3;9-7-10-6-8-4-2-1-3-5-8/h11-12,14H,5-10H2,1-4H3;1-5,7H,6H2. The summed E-state index contributed by atoms with van der Waals surface area (Å²) >= 11 is 0. The molecule has 1 saturated heterocycles. The fraction of sp³-hybridized carbons (Fsp3) is 0.462. The number of hydrogen-bond donors (Lipinski definition) is 0. The van der Waals surface area contributed by atoms with Crippen LogP contribution in [0.25, 0.3) is 0 Å². The summed E-state index contributed by atoms with van der Waals surface area (Å²) in [6.45, 7) is 2.10. The molecular formula is C26H35NO7. The second-order valence-corrected chi connectivity index (χ2v) is 7.84. The molecule has 0 saturated carbocycles. The first-order valence-electron chi connectivity index (χ1n) is 11.3. The van der Waals surface area contributed by atoms with Crippen LogP contribution in [0.5, 0.6) is 17.2 Å². The summed E-state index contributed by atoms with van der Waals surface area (Å²) in [5.41, 5.74) is 1.98. The minimum Gasteiger partial charge on any atom is -0.493 e. The summed E-state index contributed by atoms with van der Waals surface area (Å²) < 4.78 is 26.0. The van der Waals surface area contributed by atoms with Crippen molar-refractivity contribution in [2.24, 2.45) is 0 Å². The average molecular weight is 474 g/mol. The van der Waals surface area contributed by atoms with Crippen LogP contribution >= 0.6 is 0 Å². The van der Waals surface area contributed by atoms with Crippen molar-refractivity contribution in [1.29, 1.82) is 0 Å². The molecule has 34 heavy (non-hydrogen) atoms. The first-order chi connectivity index (χ1) is 16.5. The number of ether oxygens (including phenoxy) is 5. The van der Waals surface area contributed by atoms with Gasteiger partial charge in [0.25, 0.3) is 6.47 Å². The molecule has 2 aromatic carbocycles. The Morgan fingerprint density at radius 2 is 1.68 bits per heavy atom. The molecule has 8 heteroatoms. The zero-order valence-corrected chi connectivity index (χ0v) is 20.5. The van der Waals surface area contributed by atoms with Gasteiger partial charge in [0.15, 0.2) is 11.5 Å². The normalized spacial score (nSPS) is 15.4. The van der Waals surface area contributed by atoms with Gasteiger partial charge in [0, 0.05) is 6.42 Å². The monoisotopic (exact) mass is 473 g/mol. The number of likely N-dealkylation sites (N-methyl/N-ethyl adjacent to an activating group) is 1. The third-order valence-electron chi connectivity index (χ3n) is 5.56. The van der Waals surface area contributed by atoms with Crippen molar-refractivity contribution in [1.82, 2.24) is 4.90 Å². The third-order valence-corrected chi connectivity index (χ3v) is 5.56. The van der Waals surface area contributed by atoms with Gasteiger partial charge in [-0.05, 0) is 49.7 Å². The maximum absolute atomic E-state index is 12.2. The second kappa shape index (κ2) is 14.8. The van der Waals surface area contributed by atoms with Crippen molar-refractivity contribution in [3.63, 3.8) is 0 Å². The van der Waals surface area contributed by atoms with E-state index in [9.17, 15) is 9.59 Å². The van der Waals surface area contributed by atoms with E-state index in [1.807, 2.05) is 49.5 Å². The van der Waals surface area contributed by atoms with Gasteiger partial charge in [-0.1, -0.05) is 36.8 Å². The Morgan fingerprint density at radius 3 is 2.24 bits per heavy atom. The SMILES string of the molecule is COc1cc(CCOC(=O)C2CCCCN2C)cc(OC)c1OC.O=COCc1ccccc1. The Morgan fingerprint density at radius 1 is 1.00 bits per heavy atom. The van der Waals surface area contributed by atoms with Crippen LogP contribution in [-0.2, 0) is 32.1 Å². The van der Waals surface area contributed by atoms with Crippen LogP contribution in [-0.4, -0.2) is 64.9 Å². The van der Waals surface area contributed by atoms with E-state index in [1.54, 1.807) is 21.3 Å². The molecule has 1 fully saturated rings. The Bertz CT molecular complexity index is 863. The van der Waals surface area contributed by atoms with Gasteiger partial charge < -0.3 is 23.7 Å². The molecule has 0 N–H and O–H groups in total. The van der Waals surface area contributed by atoms with Crippen molar-refractivity contribution in [2.45, 2.75) is 38.3 Å². The fourth-order valence-corrected chi connectivity index (χ4v) is 3.72. The molecule has 3 rings (SSSR count). The fourth-order valence-electron chi connectivity index (χ4n) is 3.72. The Kier molecular flexibility index (Phi) is 11.7. The van der Waals surface area contributed by atoms with E-state index in [4.69, 9.17) is 18.9 Å². The quantitative estimate of drug-likeness (QED) is 0.382. The third kappa shape index (κ3) is 8.26. The zero-order valence-electron chi connectivity index (χ0n) is 20.5. The summed E-state index contributed by atoms with van der Waals surface area (Å²) in [6.07, 6.45) is 3.70. The molecule has 0 spiro atoms. The predicted octanol–water partition coefficient (Wildman–Crippen LogP) is 3.64. The van der Waals surface area contributed by atoms with E-state index in [1.165, 1.54) is 0 Å². The molecule has 0 radical (unpaired) electrons. The van der Waals surface area contributed by atoms with Crippen molar-refractivity contribution >= 4 is 12.4 Å². The van der Waals surface area contributed by atoms with Gasteiger partial charge in [-0.25, -0.2) is 0 Å². The van der Waals surface area contributed by atoms with Gasteiger partial charge in [0.2, 0.25) is 5.75 Å². The summed E-state index contributed by atoms with van der Waals surface area (Å²) in [7, 11) is 6.72. The van der Waals surface area contributed by atoms with Crippen LogP contribution in [0.4, 0.5) is 0 Å². The molecule has 0 amide bonds. The highest BCUT2D eigenvalue weighted by Gasteiger charge is 2.27. The number of methoxy groups -OCH3 is 3. The molecule has 1 aliphatic rings. The summed E-state index contributed by atoms with van der Waals surface area (Å²) in [5.74, 6) is 1.63. The van der Waals surface area contributed by atoms with Crippen LogP contribution < -0.4 is 14.2 Å². The van der Waals surface area contributed by atoms with E-state index in [2.05, 4.69) is 9.64 Å². The first-order valence-corrected chi connectivity index (χ1v) is 11.3. The van der Waals surface area contributed by atoms with Gasteiger partial charge in [0.05, 0.1) is 27.9 Å². The molecule has 8 nitrogen and oxygen atoms in total. The van der Waals surface area contributed by atoms with E-state index in [0.717, 1.165) is 36.9 Å². The Hall–Kier alpha value is -3.26. The average Bonchev–Trinajstić information content (AvgIpc) is 2.88. The van der Waals surface area contributed by atoms with Gasteiger partial charge in [-0.2, -0.15) is 0 Å². The molecule has 186 valence electrons. The van der Waals surface area contributed by atoms with E-state index < -0.39 is 0 Å². The van der Waals surface area contributed by atoms with E-state index in [0.29, 0.717) is 43.4 Å². The number of esters is 1. The maximum Gasteiger partial charge on any atom is 0.323 e. The van der Waals surface area contributed by atoms with Crippen molar-refractivity contribution in [3.8, 4) is 17.2 Å². The Balaban J connectivity index is 0.000000340. The zero-order chi connectivity index (χ0) is 24.8. The van der Waals surface area contributed by atoms with Gasteiger partial charge >= 0.3 is 5.97 Å².